The van der Waals surface area contributed by atoms with Gasteiger partial charge < -0.3 is 4.90 Å². The third-order valence-corrected chi connectivity index (χ3v) is 1.98. The molecule has 1 saturated heterocycles. The predicted octanol–water partition coefficient (Wildman–Crippen LogP) is 1.49. The largest absolute Gasteiger partial charge is 0.351 e. The summed E-state index contributed by atoms with van der Waals surface area (Å²) in [4.78, 5) is 1.84. The molecule has 0 spiro atoms. The monoisotopic (exact) mass is 183 g/mol. The van der Waals surface area contributed by atoms with Crippen molar-refractivity contribution in [3.05, 3.63) is 36.5 Å². The maximum absolute atomic E-state index is 12.8. The smallest absolute Gasteiger partial charge is 0.160 e. The number of benzene rings is 1. The molecule has 1 fully saturated rings. The lowest BCUT2D eigenvalue weighted by molar-refractivity contribution is 0.508. The molecule has 0 aliphatic carbocycles. The molecule has 69 valence electrons. The van der Waals surface area contributed by atoms with E-state index in [9.17, 15) is 8.78 Å². The first kappa shape index (κ1) is 8.44. The Balaban J connectivity index is 2.25. The van der Waals surface area contributed by atoms with Gasteiger partial charge in [0.2, 0.25) is 0 Å². The molecule has 1 aliphatic heterocycles. The Labute approximate surface area is 75.2 Å². The summed E-state index contributed by atoms with van der Waals surface area (Å²) in [7, 11) is 0. The Morgan fingerprint density at radius 3 is 2.69 bits per heavy atom. The molecule has 1 aliphatic rings. The predicted molar refractivity (Wildman–Crippen MR) is 46.0 cm³/mol. The first-order chi connectivity index (χ1) is 6.27. The average Bonchev–Trinajstić information content (AvgIpc) is 2.62. The fourth-order valence-corrected chi connectivity index (χ4v) is 1.29. The highest BCUT2D eigenvalue weighted by molar-refractivity contribution is 5.49. The average molecular weight is 183 g/mol. The van der Waals surface area contributed by atoms with E-state index >= 15 is 0 Å². The third-order valence-electron chi connectivity index (χ3n) is 1.98. The van der Waals surface area contributed by atoms with Crippen LogP contribution in [0.5, 0.6) is 0 Å². The topological polar surface area (TPSA) is 15.3 Å². The molecule has 13 heavy (non-hydrogen) atoms. The Morgan fingerprint density at radius 2 is 2.08 bits per heavy atom. The second-order valence-electron chi connectivity index (χ2n) is 2.88. The van der Waals surface area contributed by atoms with Crippen LogP contribution < -0.4 is 10.2 Å². The minimum absolute atomic E-state index is 0.670. The van der Waals surface area contributed by atoms with Gasteiger partial charge in [-0.05, 0) is 12.1 Å². The van der Waals surface area contributed by atoms with Crippen molar-refractivity contribution in [2.24, 2.45) is 0 Å². The molecule has 0 unspecified atom stereocenters. The van der Waals surface area contributed by atoms with Gasteiger partial charge in [0.25, 0.3) is 0 Å². The molecular weight excluding hydrogens is 174 g/mol. The van der Waals surface area contributed by atoms with Crippen molar-refractivity contribution in [3.63, 3.8) is 0 Å². The molecule has 2 rings (SSSR count). The van der Waals surface area contributed by atoms with E-state index < -0.39 is 11.6 Å². The summed E-state index contributed by atoms with van der Waals surface area (Å²) < 4.78 is 25.4. The summed E-state index contributed by atoms with van der Waals surface area (Å²) in [5.41, 5.74) is 0.670. The molecule has 1 radical (unpaired) electrons. The number of rotatable bonds is 1. The molecule has 0 atom stereocenters. The molecule has 0 amide bonds. The van der Waals surface area contributed by atoms with Crippen LogP contribution >= 0.6 is 0 Å². The standard InChI is InChI=1S/C9H9F2N2/c10-8-2-1-7(5-9(8)11)13-4-3-12-6-13/h1-2,5-6,12H,3-4H2. The van der Waals surface area contributed by atoms with E-state index in [1.54, 1.807) is 12.7 Å². The zero-order valence-corrected chi connectivity index (χ0v) is 6.93. The van der Waals surface area contributed by atoms with Crippen LogP contribution in [0.2, 0.25) is 0 Å². The molecular formula is C9H9F2N2. The lowest BCUT2D eigenvalue weighted by atomic mass is 10.3. The zero-order valence-electron chi connectivity index (χ0n) is 6.93. The van der Waals surface area contributed by atoms with Gasteiger partial charge in [0, 0.05) is 24.8 Å². The normalized spacial score (nSPS) is 16.6. The van der Waals surface area contributed by atoms with Crippen LogP contribution in [-0.4, -0.2) is 13.1 Å². The highest BCUT2D eigenvalue weighted by Gasteiger charge is 2.13. The number of anilines is 1. The number of hydrogen-bond acceptors (Lipinski definition) is 2. The van der Waals surface area contributed by atoms with Crippen LogP contribution in [0.15, 0.2) is 18.2 Å². The lowest BCUT2D eigenvalue weighted by Crippen LogP contribution is -2.15. The van der Waals surface area contributed by atoms with Crippen LogP contribution in [0.25, 0.3) is 0 Å². The van der Waals surface area contributed by atoms with Gasteiger partial charge in [0.1, 0.15) is 6.67 Å². The van der Waals surface area contributed by atoms with Crippen molar-refractivity contribution in [1.29, 1.82) is 0 Å². The summed E-state index contributed by atoms with van der Waals surface area (Å²) >= 11 is 0. The summed E-state index contributed by atoms with van der Waals surface area (Å²) in [6, 6.07) is 3.89. The van der Waals surface area contributed by atoms with E-state index in [0.29, 0.717) is 5.69 Å². The maximum Gasteiger partial charge on any atom is 0.160 e. The maximum atomic E-state index is 12.8. The highest BCUT2D eigenvalue weighted by Crippen LogP contribution is 2.19. The van der Waals surface area contributed by atoms with E-state index in [1.165, 1.54) is 6.07 Å². The highest BCUT2D eigenvalue weighted by atomic mass is 19.2. The van der Waals surface area contributed by atoms with Crippen LogP contribution in [-0.2, 0) is 0 Å². The number of nitrogens with zero attached hydrogens (tertiary/aromatic N) is 1. The van der Waals surface area contributed by atoms with Gasteiger partial charge in [-0.1, -0.05) is 0 Å². The minimum Gasteiger partial charge on any atom is -0.351 e. The molecule has 1 aromatic carbocycles. The van der Waals surface area contributed by atoms with Gasteiger partial charge in [-0.15, -0.1) is 0 Å². The van der Waals surface area contributed by atoms with Crippen molar-refractivity contribution in [2.75, 3.05) is 18.0 Å². The number of hydrogen-bond donors (Lipinski definition) is 1. The Kier molecular flexibility index (Phi) is 2.14. The van der Waals surface area contributed by atoms with E-state index in [4.69, 9.17) is 0 Å². The fraction of sp³-hybridized carbons (Fsp3) is 0.222. The second kappa shape index (κ2) is 3.30. The van der Waals surface area contributed by atoms with Gasteiger partial charge in [-0.2, -0.15) is 0 Å². The molecule has 1 N–H and O–H groups in total. The molecule has 0 aromatic heterocycles. The molecule has 1 heterocycles. The van der Waals surface area contributed by atoms with Gasteiger partial charge >= 0.3 is 0 Å². The molecule has 0 saturated carbocycles. The summed E-state index contributed by atoms with van der Waals surface area (Å²) in [5, 5.41) is 2.99. The number of halogens is 2. The van der Waals surface area contributed by atoms with Crippen LogP contribution in [0.3, 0.4) is 0 Å². The van der Waals surface area contributed by atoms with Gasteiger partial charge in [0.15, 0.2) is 11.6 Å². The first-order valence-corrected chi connectivity index (χ1v) is 4.06. The van der Waals surface area contributed by atoms with Crippen LogP contribution in [0.1, 0.15) is 0 Å². The van der Waals surface area contributed by atoms with Crippen molar-refractivity contribution < 1.29 is 8.78 Å². The Morgan fingerprint density at radius 1 is 1.23 bits per heavy atom. The van der Waals surface area contributed by atoms with Crippen molar-refractivity contribution >= 4 is 5.69 Å². The van der Waals surface area contributed by atoms with Crippen LogP contribution in [0, 0.1) is 18.3 Å². The van der Waals surface area contributed by atoms with Gasteiger partial charge in [0.05, 0.1) is 0 Å². The van der Waals surface area contributed by atoms with Crippen LogP contribution in [0.4, 0.5) is 14.5 Å². The molecule has 2 nitrogen and oxygen atoms in total. The summed E-state index contributed by atoms with van der Waals surface area (Å²) in [5.74, 6) is -1.62. The second-order valence-corrected chi connectivity index (χ2v) is 2.88. The van der Waals surface area contributed by atoms with E-state index in [2.05, 4.69) is 5.32 Å². The third kappa shape index (κ3) is 1.62. The summed E-state index contributed by atoms with van der Waals surface area (Å²) in [6.45, 7) is 3.37. The molecule has 4 heteroatoms. The quantitative estimate of drug-likeness (QED) is 0.709. The minimum atomic E-state index is -0.809. The SMILES string of the molecule is Fc1ccc(N2[CH]NCC2)cc1F. The Bertz CT molecular complexity index is 308. The van der Waals surface area contributed by atoms with Crippen molar-refractivity contribution in [2.45, 2.75) is 0 Å². The number of nitrogens with one attached hydrogen (secondary N) is 1. The van der Waals surface area contributed by atoms with E-state index in [0.717, 1.165) is 19.2 Å². The lowest BCUT2D eigenvalue weighted by Gasteiger charge is -2.15. The summed E-state index contributed by atoms with van der Waals surface area (Å²) in [6.07, 6.45) is 0. The van der Waals surface area contributed by atoms with Gasteiger partial charge in [-0.25, -0.2) is 8.78 Å². The Hall–Kier alpha value is -1.16. The van der Waals surface area contributed by atoms with Crippen molar-refractivity contribution in [3.8, 4) is 0 Å². The van der Waals surface area contributed by atoms with E-state index in [1.807, 2.05) is 4.90 Å². The molecule has 0 bridgehead atoms. The van der Waals surface area contributed by atoms with Gasteiger partial charge in [-0.3, -0.25) is 5.32 Å². The fourth-order valence-electron chi connectivity index (χ4n) is 1.29. The molecule has 1 aromatic rings. The zero-order chi connectivity index (χ0) is 9.26. The van der Waals surface area contributed by atoms with Crippen molar-refractivity contribution in [1.82, 2.24) is 5.32 Å². The first-order valence-electron chi connectivity index (χ1n) is 4.06. The van der Waals surface area contributed by atoms with E-state index in [-0.39, 0.29) is 0 Å².